The van der Waals surface area contributed by atoms with Crippen molar-refractivity contribution in [2.75, 3.05) is 4.90 Å². The van der Waals surface area contributed by atoms with Gasteiger partial charge >= 0.3 is 0 Å². The monoisotopic (exact) mass is 348 g/mol. The smallest absolute Gasteiger partial charge is 0.213 e. The second kappa shape index (κ2) is 7.53. The number of hydrogen-bond acceptors (Lipinski definition) is 3. The Morgan fingerprint density at radius 2 is 1.83 bits per heavy atom. The van der Waals surface area contributed by atoms with E-state index in [0.717, 1.165) is 17.3 Å². The fourth-order valence-corrected chi connectivity index (χ4v) is 2.21. The van der Waals surface area contributed by atoms with Crippen molar-refractivity contribution in [1.82, 2.24) is 4.98 Å². The molecule has 1 aromatic heterocycles. The molecule has 0 aliphatic rings. The van der Waals surface area contributed by atoms with Crippen LogP contribution in [0.1, 0.15) is 11.5 Å². The van der Waals surface area contributed by atoms with Crippen molar-refractivity contribution >= 4 is 11.4 Å². The molecule has 0 bridgehead atoms. The van der Waals surface area contributed by atoms with Gasteiger partial charge in [0.05, 0.1) is 18.4 Å². The summed E-state index contributed by atoms with van der Waals surface area (Å²) in [5, 5.41) is 0. The fraction of sp³-hybridized carbons (Fsp3) is 0.118. The minimum atomic E-state index is -0.632. The summed E-state index contributed by atoms with van der Waals surface area (Å²) in [6.45, 7) is 2.22. The normalized spacial score (nSPS) is 10.2. The maximum absolute atomic E-state index is 14.2. The number of halogens is 2. The van der Waals surface area contributed by atoms with Gasteiger partial charge in [-0.25, -0.2) is 13.8 Å². The summed E-state index contributed by atoms with van der Waals surface area (Å²) in [6, 6.07) is 11.1. The summed E-state index contributed by atoms with van der Waals surface area (Å²) in [6.07, 6.45) is 2.99. The molecular formula is C17H14F2N2OTi. The van der Waals surface area contributed by atoms with Crippen molar-refractivity contribution in [3.05, 3.63) is 78.0 Å². The molecule has 0 fully saturated rings. The average molecular weight is 348 g/mol. The van der Waals surface area contributed by atoms with Crippen LogP contribution in [0.4, 0.5) is 20.2 Å². The summed E-state index contributed by atoms with van der Waals surface area (Å²) < 4.78 is 32.6. The van der Waals surface area contributed by atoms with Crippen LogP contribution < -0.4 is 4.90 Å². The SMILES string of the molecule is Cc1ccc(N(Cc2ncco2)c2ccc(F)cc2F)cc1.[Ti]. The van der Waals surface area contributed by atoms with Crippen LogP contribution >= 0.6 is 0 Å². The Morgan fingerprint density at radius 3 is 2.43 bits per heavy atom. The first-order valence-electron chi connectivity index (χ1n) is 6.81. The topological polar surface area (TPSA) is 29.3 Å². The second-order valence-corrected chi connectivity index (χ2v) is 4.94. The van der Waals surface area contributed by atoms with Crippen molar-refractivity contribution in [3.63, 3.8) is 0 Å². The van der Waals surface area contributed by atoms with Crippen molar-refractivity contribution in [2.45, 2.75) is 13.5 Å². The van der Waals surface area contributed by atoms with Crippen LogP contribution in [0, 0.1) is 18.6 Å². The quantitative estimate of drug-likeness (QED) is 0.646. The number of oxazole rings is 1. The van der Waals surface area contributed by atoms with Crippen LogP contribution in [0.3, 0.4) is 0 Å². The molecule has 3 aromatic rings. The number of benzene rings is 2. The van der Waals surface area contributed by atoms with Gasteiger partial charge in [-0.2, -0.15) is 0 Å². The molecule has 0 unspecified atom stereocenters. The number of nitrogens with zero attached hydrogens (tertiary/aromatic N) is 2. The molecule has 3 nitrogen and oxygen atoms in total. The molecule has 0 N–H and O–H groups in total. The van der Waals surface area contributed by atoms with Gasteiger partial charge in [0.25, 0.3) is 0 Å². The third kappa shape index (κ3) is 4.06. The standard InChI is InChI=1S/C17H14F2N2O.Ti/c1-12-2-5-14(6-3-12)21(11-17-20-8-9-22-17)16-7-4-13(18)10-15(16)19;/h2-10H,11H2,1H3;. The predicted molar refractivity (Wildman–Crippen MR) is 79.9 cm³/mol. The zero-order chi connectivity index (χ0) is 15.5. The third-order valence-electron chi connectivity index (χ3n) is 3.32. The van der Waals surface area contributed by atoms with E-state index in [9.17, 15) is 8.78 Å². The number of hydrogen-bond donors (Lipinski definition) is 0. The van der Waals surface area contributed by atoms with Gasteiger partial charge in [0.1, 0.15) is 17.9 Å². The summed E-state index contributed by atoms with van der Waals surface area (Å²) in [7, 11) is 0. The summed E-state index contributed by atoms with van der Waals surface area (Å²) in [5.74, 6) is -0.794. The number of aromatic nitrogens is 1. The number of rotatable bonds is 4. The molecule has 0 atom stereocenters. The average Bonchev–Trinajstić information content (AvgIpc) is 2.99. The Kier molecular flexibility index (Phi) is 5.69. The third-order valence-corrected chi connectivity index (χ3v) is 3.32. The van der Waals surface area contributed by atoms with E-state index >= 15 is 0 Å². The van der Waals surface area contributed by atoms with E-state index in [1.165, 1.54) is 24.6 Å². The van der Waals surface area contributed by atoms with Gasteiger partial charge in [-0.05, 0) is 31.2 Å². The molecule has 0 saturated carbocycles. The van der Waals surface area contributed by atoms with Gasteiger partial charge < -0.3 is 9.32 Å². The van der Waals surface area contributed by atoms with Crippen molar-refractivity contribution < 1.29 is 34.9 Å². The first kappa shape index (κ1) is 17.4. The van der Waals surface area contributed by atoms with Gasteiger partial charge in [-0.1, -0.05) is 17.7 Å². The first-order chi connectivity index (χ1) is 10.6. The Labute approximate surface area is 147 Å². The molecule has 0 spiro atoms. The van der Waals surface area contributed by atoms with Gasteiger partial charge in [-0.15, -0.1) is 0 Å². The summed E-state index contributed by atoms with van der Waals surface area (Å²) in [5.41, 5.74) is 2.14. The minimum Gasteiger partial charge on any atom is -0.447 e. The van der Waals surface area contributed by atoms with E-state index in [2.05, 4.69) is 4.98 Å². The van der Waals surface area contributed by atoms with Crippen molar-refractivity contribution in [3.8, 4) is 0 Å². The summed E-state index contributed by atoms with van der Waals surface area (Å²) >= 11 is 0. The largest absolute Gasteiger partial charge is 0.447 e. The predicted octanol–water partition coefficient (Wildman–Crippen LogP) is 4.60. The molecule has 0 radical (unpaired) electrons. The van der Waals surface area contributed by atoms with Gasteiger partial charge in [0, 0.05) is 33.5 Å². The molecule has 0 aliphatic carbocycles. The Balaban J connectivity index is 0.00000192. The Morgan fingerprint density at radius 1 is 1.09 bits per heavy atom. The molecule has 0 saturated heterocycles. The first-order valence-corrected chi connectivity index (χ1v) is 6.81. The maximum atomic E-state index is 14.2. The molecule has 116 valence electrons. The van der Waals surface area contributed by atoms with Crippen LogP contribution in [0.2, 0.25) is 0 Å². The minimum absolute atomic E-state index is 0. The molecule has 6 heteroatoms. The summed E-state index contributed by atoms with van der Waals surface area (Å²) in [4.78, 5) is 5.76. The molecule has 0 amide bonds. The molecule has 23 heavy (non-hydrogen) atoms. The van der Waals surface area contributed by atoms with E-state index in [-0.39, 0.29) is 33.9 Å². The van der Waals surface area contributed by atoms with E-state index in [1.54, 1.807) is 4.90 Å². The van der Waals surface area contributed by atoms with Crippen LogP contribution in [0.5, 0.6) is 0 Å². The van der Waals surface area contributed by atoms with Crippen LogP contribution in [0.25, 0.3) is 0 Å². The number of aryl methyl sites for hydroxylation is 1. The molecular weight excluding hydrogens is 334 g/mol. The molecule has 2 aromatic carbocycles. The van der Waals surface area contributed by atoms with Crippen LogP contribution in [-0.2, 0) is 28.3 Å². The zero-order valence-electron chi connectivity index (χ0n) is 12.5. The van der Waals surface area contributed by atoms with E-state index < -0.39 is 11.6 Å². The number of anilines is 2. The van der Waals surface area contributed by atoms with Crippen LogP contribution in [0.15, 0.2) is 59.3 Å². The van der Waals surface area contributed by atoms with Gasteiger partial charge in [0.2, 0.25) is 5.89 Å². The fourth-order valence-electron chi connectivity index (χ4n) is 2.21. The second-order valence-electron chi connectivity index (χ2n) is 4.94. The molecule has 3 rings (SSSR count). The van der Waals surface area contributed by atoms with Gasteiger partial charge in [-0.3, -0.25) is 0 Å². The van der Waals surface area contributed by atoms with E-state index in [4.69, 9.17) is 4.42 Å². The zero-order valence-corrected chi connectivity index (χ0v) is 14.0. The van der Waals surface area contributed by atoms with Crippen molar-refractivity contribution in [2.24, 2.45) is 0 Å². The Hall–Kier alpha value is -1.98. The molecule has 0 aliphatic heterocycles. The van der Waals surface area contributed by atoms with Gasteiger partial charge in [0.15, 0.2) is 0 Å². The van der Waals surface area contributed by atoms with Crippen LogP contribution in [-0.4, -0.2) is 4.98 Å². The van der Waals surface area contributed by atoms with Crippen molar-refractivity contribution in [1.29, 1.82) is 0 Å². The van der Waals surface area contributed by atoms with E-state index in [0.29, 0.717) is 5.89 Å². The van der Waals surface area contributed by atoms with E-state index in [1.807, 2.05) is 31.2 Å². The molecule has 1 heterocycles. The maximum Gasteiger partial charge on any atom is 0.213 e. The Bertz CT molecular complexity index is 761.